The molecule has 5 rings (SSSR count). The van der Waals surface area contributed by atoms with E-state index in [0.29, 0.717) is 43.1 Å². The summed E-state index contributed by atoms with van der Waals surface area (Å²) in [4.78, 5) is 31.2. The van der Waals surface area contributed by atoms with Crippen molar-refractivity contribution in [2.45, 2.75) is 19.6 Å². The minimum atomic E-state index is -0.658. The van der Waals surface area contributed by atoms with Gasteiger partial charge in [0.2, 0.25) is 0 Å². The lowest BCUT2D eigenvalue weighted by Crippen LogP contribution is -2.42. The maximum absolute atomic E-state index is 12.2. The maximum atomic E-state index is 12.2. The van der Waals surface area contributed by atoms with E-state index in [4.69, 9.17) is 4.52 Å². The molecule has 0 bridgehead atoms. The first-order valence-electron chi connectivity index (χ1n) is 11.6. The summed E-state index contributed by atoms with van der Waals surface area (Å²) < 4.78 is 7.36. The van der Waals surface area contributed by atoms with Crippen molar-refractivity contribution >= 4 is 11.8 Å². The predicted molar refractivity (Wildman–Crippen MR) is 127 cm³/mol. The van der Waals surface area contributed by atoms with E-state index in [0.717, 1.165) is 16.8 Å². The summed E-state index contributed by atoms with van der Waals surface area (Å²) in [6, 6.07) is 9.69. The standard InChI is InChI=1S/C26H27N5O4/c1-16(32)24-27-10-11-30(24)13-19-12-23(35-28-19)18-7-4-17(5-8-18)6-9-20-21-14-31(15-22(20)21)26(34)25(33)29(2)3/h4-5,7-8,10-12,16,20-22,32H,13-15H2,1-3H3/t16-,20?,21-,22+/m0/s1. The Labute approximate surface area is 203 Å². The van der Waals surface area contributed by atoms with Gasteiger partial charge in [0.15, 0.2) is 5.76 Å². The van der Waals surface area contributed by atoms with Crippen LogP contribution in [0.2, 0.25) is 0 Å². The van der Waals surface area contributed by atoms with Gasteiger partial charge in [-0.3, -0.25) is 9.59 Å². The van der Waals surface area contributed by atoms with Crippen LogP contribution in [0.4, 0.5) is 0 Å². The van der Waals surface area contributed by atoms with Crippen molar-refractivity contribution in [2.75, 3.05) is 27.2 Å². The van der Waals surface area contributed by atoms with Crippen molar-refractivity contribution in [2.24, 2.45) is 17.8 Å². The van der Waals surface area contributed by atoms with Crippen molar-refractivity contribution in [3.8, 4) is 23.2 Å². The number of fused-ring (bicyclic) bond motifs is 1. The fraction of sp³-hybridized carbons (Fsp3) is 0.385. The fourth-order valence-electron chi connectivity index (χ4n) is 4.64. The smallest absolute Gasteiger partial charge is 0.312 e. The number of aliphatic hydroxyl groups is 1. The number of imidazole rings is 1. The van der Waals surface area contributed by atoms with Crippen LogP contribution in [-0.2, 0) is 16.1 Å². The van der Waals surface area contributed by atoms with Crippen molar-refractivity contribution in [1.29, 1.82) is 0 Å². The number of hydrogen-bond donors (Lipinski definition) is 1. The molecule has 3 heterocycles. The van der Waals surface area contributed by atoms with E-state index >= 15 is 0 Å². The van der Waals surface area contributed by atoms with Gasteiger partial charge in [-0.2, -0.15) is 0 Å². The quantitative estimate of drug-likeness (QED) is 0.458. The monoisotopic (exact) mass is 473 g/mol. The van der Waals surface area contributed by atoms with Gasteiger partial charge in [0.05, 0.1) is 6.54 Å². The number of nitrogens with zero attached hydrogens (tertiary/aromatic N) is 5. The van der Waals surface area contributed by atoms with E-state index in [-0.39, 0.29) is 5.92 Å². The zero-order chi connectivity index (χ0) is 24.7. The highest BCUT2D eigenvalue weighted by Gasteiger charge is 2.56. The number of likely N-dealkylation sites (tertiary alicyclic amines) is 1. The predicted octanol–water partition coefficient (Wildman–Crippen LogP) is 1.78. The molecule has 1 N–H and O–H groups in total. The number of benzene rings is 1. The van der Waals surface area contributed by atoms with Crippen LogP contribution in [0.3, 0.4) is 0 Å². The molecule has 180 valence electrons. The normalized spacial score (nSPS) is 21.1. The fourth-order valence-corrected chi connectivity index (χ4v) is 4.64. The number of amides is 2. The van der Waals surface area contributed by atoms with E-state index in [9.17, 15) is 14.7 Å². The molecule has 2 fully saturated rings. The Bertz CT molecular complexity index is 1300. The third-order valence-corrected chi connectivity index (χ3v) is 6.64. The van der Waals surface area contributed by atoms with Gasteiger partial charge >= 0.3 is 11.8 Å². The summed E-state index contributed by atoms with van der Waals surface area (Å²) in [7, 11) is 3.18. The number of aromatic nitrogens is 3. The molecule has 3 aromatic rings. The molecule has 2 aliphatic rings. The maximum Gasteiger partial charge on any atom is 0.312 e. The Hall–Kier alpha value is -3.90. The summed E-state index contributed by atoms with van der Waals surface area (Å²) >= 11 is 0. The van der Waals surface area contributed by atoms with Gasteiger partial charge in [-0.1, -0.05) is 17.0 Å². The van der Waals surface area contributed by atoms with Crippen LogP contribution < -0.4 is 0 Å². The largest absolute Gasteiger partial charge is 0.385 e. The summed E-state index contributed by atoms with van der Waals surface area (Å²) in [5.41, 5.74) is 2.55. The average molecular weight is 474 g/mol. The minimum absolute atomic E-state index is 0.278. The van der Waals surface area contributed by atoms with Crippen molar-refractivity contribution in [3.63, 3.8) is 0 Å². The number of carbonyl (C=O) groups excluding carboxylic acids is 2. The molecule has 2 aromatic heterocycles. The van der Waals surface area contributed by atoms with Crippen LogP contribution in [0.1, 0.15) is 30.1 Å². The van der Waals surface area contributed by atoms with Gasteiger partial charge in [0.25, 0.3) is 0 Å². The molecule has 0 radical (unpaired) electrons. The highest BCUT2D eigenvalue weighted by atomic mass is 16.5. The highest BCUT2D eigenvalue weighted by Crippen LogP contribution is 2.51. The molecule has 1 saturated carbocycles. The molecule has 1 aliphatic carbocycles. The highest BCUT2D eigenvalue weighted by molar-refractivity contribution is 6.34. The van der Waals surface area contributed by atoms with Crippen LogP contribution >= 0.6 is 0 Å². The number of aliphatic hydroxyl groups excluding tert-OH is 1. The molecular formula is C26H27N5O4. The van der Waals surface area contributed by atoms with Gasteiger partial charge in [0, 0.05) is 62.7 Å². The molecule has 9 heteroatoms. The Kier molecular flexibility index (Phi) is 5.91. The lowest BCUT2D eigenvalue weighted by Gasteiger charge is -2.20. The third kappa shape index (κ3) is 4.57. The lowest BCUT2D eigenvalue weighted by atomic mass is 10.1. The van der Waals surface area contributed by atoms with Gasteiger partial charge < -0.3 is 24.0 Å². The zero-order valence-electron chi connectivity index (χ0n) is 19.9. The SMILES string of the molecule is C[C@H](O)c1nccn1Cc1cc(-c2ccc(C#CC3[C@H]4CN(C(=O)C(=O)N(C)C)C[C@@H]34)cc2)on1. The molecule has 0 spiro atoms. The van der Waals surface area contributed by atoms with Gasteiger partial charge in [-0.15, -0.1) is 0 Å². The molecule has 1 unspecified atom stereocenters. The topological polar surface area (TPSA) is 105 Å². The molecule has 1 aliphatic heterocycles. The van der Waals surface area contributed by atoms with Crippen LogP contribution in [0.15, 0.2) is 47.2 Å². The molecule has 35 heavy (non-hydrogen) atoms. The van der Waals surface area contributed by atoms with Crippen molar-refractivity contribution in [1.82, 2.24) is 24.5 Å². The first-order valence-corrected chi connectivity index (χ1v) is 11.6. The van der Waals surface area contributed by atoms with E-state index in [1.165, 1.54) is 4.90 Å². The van der Waals surface area contributed by atoms with Crippen LogP contribution in [0.5, 0.6) is 0 Å². The Balaban J connectivity index is 1.17. The average Bonchev–Trinajstić information content (AvgIpc) is 3.34. The third-order valence-electron chi connectivity index (χ3n) is 6.64. The van der Waals surface area contributed by atoms with E-state index in [1.807, 2.05) is 34.9 Å². The molecular weight excluding hydrogens is 446 g/mol. The molecule has 1 aromatic carbocycles. The Morgan fingerprint density at radius 1 is 1.23 bits per heavy atom. The number of hydrogen-bond acceptors (Lipinski definition) is 6. The number of likely N-dealkylation sites (N-methyl/N-ethyl adjacent to an activating group) is 1. The molecule has 4 atom stereocenters. The summed E-state index contributed by atoms with van der Waals surface area (Å²) in [5.74, 6) is 7.92. The second-order valence-electron chi connectivity index (χ2n) is 9.38. The number of piperidine rings is 1. The second-order valence-corrected chi connectivity index (χ2v) is 9.38. The summed E-state index contributed by atoms with van der Waals surface area (Å²) in [6.45, 7) is 3.35. The summed E-state index contributed by atoms with van der Waals surface area (Å²) in [5, 5.41) is 14.0. The summed E-state index contributed by atoms with van der Waals surface area (Å²) in [6.07, 6.45) is 2.80. The Morgan fingerprint density at radius 3 is 2.60 bits per heavy atom. The Morgan fingerprint density at radius 2 is 1.94 bits per heavy atom. The second kappa shape index (κ2) is 9.04. The molecule has 1 saturated heterocycles. The van der Waals surface area contributed by atoms with E-state index in [1.54, 1.807) is 38.3 Å². The van der Waals surface area contributed by atoms with Crippen LogP contribution in [0.25, 0.3) is 11.3 Å². The number of carbonyl (C=O) groups is 2. The van der Waals surface area contributed by atoms with Gasteiger partial charge in [-0.05, 0) is 43.0 Å². The van der Waals surface area contributed by atoms with Crippen molar-refractivity contribution in [3.05, 3.63) is 59.8 Å². The van der Waals surface area contributed by atoms with E-state index in [2.05, 4.69) is 22.0 Å². The zero-order valence-corrected chi connectivity index (χ0v) is 19.9. The van der Waals surface area contributed by atoms with Crippen molar-refractivity contribution < 1.29 is 19.2 Å². The van der Waals surface area contributed by atoms with Gasteiger partial charge in [0.1, 0.15) is 17.6 Å². The lowest BCUT2D eigenvalue weighted by molar-refractivity contribution is -0.150. The minimum Gasteiger partial charge on any atom is -0.385 e. The van der Waals surface area contributed by atoms with Crippen LogP contribution in [-0.4, -0.2) is 68.6 Å². The van der Waals surface area contributed by atoms with Crippen LogP contribution in [0, 0.1) is 29.6 Å². The molecule has 2 amide bonds. The first-order chi connectivity index (χ1) is 16.8. The number of rotatable bonds is 4. The van der Waals surface area contributed by atoms with E-state index < -0.39 is 17.9 Å². The molecule has 9 nitrogen and oxygen atoms in total. The first kappa shape index (κ1) is 22.9. The van der Waals surface area contributed by atoms with Gasteiger partial charge in [-0.25, -0.2) is 4.98 Å².